The van der Waals surface area contributed by atoms with Crippen LogP contribution in [0.2, 0.25) is 0 Å². The van der Waals surface area contributed by atoms with E-state index in [-0.39, 0.29) is 44.5 Å². The van der Waals surface area contributed by atoms with Gasteiger partial charge in [0.15, 0.2) is 0 Å². The molecule has 0 spiro atoms. The van der Waals surface area contributed by atoms with Crippen molar-refractivity contribution in [3.8, 4) is 89.8 Å². The number of nitrogens with one attached hydrogen (secondary N) is 1. The number of benzene rings is 24. The van der Waals surface area contributed by atoms with E-state index in [1.165, 1.54) is 0 Å². The van der Waals surface area contributed by atoms with Gasteiger partial charge in [0.2, 0.25) is 0 Å². The highest BCUT2D eigenvalue weighted by molar-refractivity contribution is 7.97. The van der Waals surface area contributed by atoms with Crippen LogP contribution >= 0.6 is 15.3 Å². The molecule has 11 nitrogen and oxygen atoms in total. The van der Waals surface area contributed by atoms with E-state index in [1.54, 1.807) is 72.8 Å². The van der Waals surface area contributed by atoms with Gasteiger partial charge in [-0.05, 0) is 367 Å². The molecule has 0 amide bonds. The lowest BCUT2D eigenvalue weighted by Gasteiger charge is -2.29. The Hall–Kier alpha value is -14.4. The number of halogens is 6. The number of sulfonamides is 2. The molecule has 0 aliphatic carbocycles. The molecule has 2 heterocycles. The van der Waals surface area contributed by atoms with E-state index in [4.69, 9.17) is 22.6 Å². The minimum Gasteiger partial charge on any atom is -0.417 e. The van der Waals surface area contributed by atoms with Crippen LogP contribution in [0.25, 0.3) is 239 Å². The van der Waals surface area contributed by atoms with Crippen LogP contribution in [0.1, 0.15) is 44.5 Å². The summed E-state index contributed by atoms with van der Waals surface area (Å²) < 4.78 is 209. The Balaban J connectivity index is 0.859. The summed E-state index contributed by atoms with van der Waals surface area (Å²) in [4.78, 5) is 0. The molecule has 0 aromatic heterocycles. The van der Waals surface area contributed by atoms with Gasteiger partial charge in [0.25, 0.3) is 0 Å². The fourth-order valence-corrected chi connectivity index (χ4v) is 30.7. The van der Waals surface area contributed by atoms with Crippen molar-refractivity contribution < 1.29 is 61.3 Å². The summed E-state index contributed by atoms with van der Waals surface area (Å²) in [6.07, 6.45) is 0. The van der Waals surface area contributed by atoms with Gasteiger partial charge in [-0.25, -0.2) is 8.42 Å². The van der Waals surface area contributed by atoms with E-state index in [0.717, 1.165) is 131 Å². The number of alkyl halides is 6. The normalized spacial score (nSPS) is 14.2. The largest absolute Gasteiger partial charge is 0.518 e. The Morgan fingerprint density at radius 3 is 0.696 bits per heavy atom. The second kappa shape index (κ2) is 28.1. The Morgan fingerprint density at radius 2 is 0.474 bits per heavy atom. The van der Waals surface area contributed by atoms with Crippen LogP contribution in [0.5, 0.6) is 23.0 Å². The maximum atomic E-state index is 17.2. The van der Waals surface area contributed by atoms with Gasteiger partial charge >= 0.3 is 46.4 Å². The second-order valence-electron chi connectivity index (χ2n) is 36.5. The van der Waals surface area contributed by atoms with Gasteiger partial charge in [-0.2, -0.15) is 34.8 Å². The summed E-state index contributed by atoms with van der Waals surface area (Å²) in [5.41, 5.74) is -2.36. The molecule has 0 unspecified atom stereocenters. The first-order valence-electron chi connectivity index (χ1n) is 44.3. The minimum atomic E-state index is -7.26. The summed E-state index contributed by atoms with van der Waals surface area (Å²) in [6, 6.07) is 91.6. The van der Waals surface area contributed by atoms with Crippen molar-refractivity contribution in [1.82, 2.24) is 4.49 Å². The van der Waals surface area contributed by atoms with Crippen molar-refractivity contribution in [3.05, 3.63) is 336 Å². The Kier molecular flexibility index (Phi) is 16.9. The maximum absolute atomic E-state index is 17.2. The van der Waals surface area contributed by atoms with Gasteiger partial charge in [0, 0.05) is 44.5 Å². The summed E-state index contributed by atoms with van der Waals surface area (Å²) in [6.45, 7) is 16.4. The van der Waals surface area contributed by atoms with Crippen LogP contribution < -0.4 is 22.6 Å². The smallest absolute Gasteiger partial charge is 0.417 e. The minimum absolute atomic E-state index is 0.0865. The number of nitrogens with zero attached hydrogens (tertiary/aromatic N) is 2. The molecule has 21 heteroatoms. The van der Waals surface area contributed by atoms with E-state index in [2.05, 4.69) is 28.4 Å². The molecule has 2 aliphatic heterocycles. The molecule has 24 aromatic rings. The van der Waals surface area contributed by atoms with Crippen LogP contribution in [0.4, 0.5) is 26.3 Å². The van der Waals surface area contributed by atoms with E-state index in [1.807, 2.05) is 254 Å². The lowest BCUT2D eigenvalue weighted by molar-refractivity contribution is -0.0445. The fourth-order valence-electron chi connectivity index (χ4n) is 22.6. The predicted molar refractivity (Wildman–Crippen MR) is 543 cm³/mol. The fraction of sp³-hybridized carbons (Fsp3) is 0.0877. The van der Waals surface area contributed by atoms with E-state index >= 15 is 43.2 Å². The molecule has 0 atom stereocenters. The van der Waals surface area contributed by atoms with Gasteiger partial charge in [-0.3, -0.25) is 0 Å². The third kappa shape index (κ3) is 11.8. The summed E-state index contributed by atoms with van der Waals surface area (Å²) in [5, 5.41) is 24.7. The van der Waals surface area contributed by atoms with E-state index in [9.17, 15) is 0 Å². The lowest BCUT2D eigenvalue weighted by atomic mass is 9.84. The zero-order valence-corrected chi connectivity index (χ0v) is 76.8. The molecular weight excluding hydrogens is 1780 g/mol. The van der Waals surface area contributed by atoms with Crippen molar-refractivity contribution in [2.24, 2.45) is 8.67 Å². The molecule has 0 fully saturated rings. The van der Waals surface area contributed by atoms with Crippen molar-refractivity contribution in [2.75, 3.05) is 0 Å². The Morgan fingerprint density at radius 1 is 0.252 bits per heavy atom. The van der Waals surface area contributed by atoms with Crippen molar-refractivity contribution >= 4 is 208 Å². The van der Waals surface area contributed by atoms with Crippen molar-refractivity contribution in [1.29, 1.82) is 0 Å². The van der Waals surface area contributed by atoms with Crippen LogP contribution in [-0.4, -0.2) is 27.9 Å². The van der Waals surface area contributed by atoms with Crippen LogP contribution in [0, 0.1) is 55.4 Å². The number of hydrogen-bond donors (Lipinski definition) is 1. The highest BCUT2D eigenvalue weighted by Gasteiger charge is 2.56. The monoisotopic (exact) mass is 1850 g/mol. The molecule has 2 aliphatic rings. The molecule has 24 aromatic carbocycles. The number of aryl methyl sites for hydroxylation is 8. The number of rotatable bonds is 8. The Labute approximate surface area is 768 Å². The summed E-state index contributed by atoms with van der Waals surface area (Å²) in [7, 11) is -27.7. The average molecular weight is 1850 g/mol. The first-order chi connectivity index (χ1) is 64.8. The average Bonchev–Trinajstić information content (AvgIpc) is 1.53. The first kappa shape index (κ1) is 81.4. The zero-order valence-electron chi connectivity index (χ0n) is 73.4. The molecule has 135 heavy (non-hydrogen) atoms. The SMILES string of the molecule is Cc1cc(C)c2ccc3cc(-c4cc5ccccc5c5c4OP(=NS(=O)(=O)C(F)(F)F)(N=P4(NS(=O)(=O)C(F)(F)F)Oc6c(-c7cc8ccc9c(C)cc(C)c%10ccc(c7)c8c9%10)cc7ccccc7c6-c6c(c(-c7cc8ccc9c(C)cc(C)c%10ccc(c7)c8c9%10)cc7ccccc67)O4)Oc4c(-c6cc7ccc8c(C)cc(C)c9ccc(c6)c7c89)cc6ccccc6c4-5)cc4ccc1c2c43. The van der Waals surface area contributed by atoms with Gasteiger partial charge < -0.3 is 18.1 Å². The number of hydrogen-bond acceptors (Lipinski definition) is 8. The van der Waals surface area contributed by atoms with Crippen molar-refractivity contribution in [3.63, 3.8) is 0 Å². The van der Waals surface area contributed by atoms with Crippen molar-refractivity contribution in [2.45, 2.75) is 66.4 Å². The molecular formula is C114H73F6N3O8P2S2. The maximum Gasteiger partial charge on any atom is 0.518 e. The van der Waals surface area contributed by atoms with Crippen LogP contribution in [0.15, 0.2) is 300 Å². The Bertz CT molecular complexity index is 9180. The molecule has 1 N–H and O–H groups in total. The quantitative estimate of drug-likeness (QED) is 0.0900. The highest BCUT2D eigenvalue weighted by atomic mass is 32.2. The standard InChI is InChI=1S/C114H73F6N3O8P2S2/c1-57-41-58(2)82-34-26-70-46-77(45-69-25-33-81(57)101(82)97(69)70)93-53-65-17-9-13-21-89(65)105-106-90-22-14-10-18-66(90)54-94(78-47-71-27-35-83-59(3)42-60(4)84-36-28-72(48-78)98(71)102(83)84)110(106)129-132(128-109(93)105,122-134(124,125)113(115,116)117)121-133(123-135(126,127)114(118,119)120)130-111-95(79-49-73-29-37-85-61(5)43-62(6)86-38-30-74(50-79)99(73)103(85)86)55-67-19-11-15-23-91(67)107(111)108-92-24-16-12-20-68(92)56-96(112(108)131-133)80-51-75-31-39-87-63(7)44-64(8)88-40-32-76(52-80)100(75)104(87)88/h9-56,122H,1-8H3. The molecule has 0 bridgehead atoms. The predicted octanol–water partition coefficient (Wildman–Crippen LogP) is 33.8. The second-order valence-corrected chi connectivity index (χ2v) is 44.3. The lowest BCUT2D eigenvalue weighted by Crippen LogP contribution is -2.37. The van der Waals surface area contributed by atoms with Gasteiger partial charge in [0.1, 0.15) is 23.0 Å². The first-order valence-corrected chi connectivity index (χ1v) is 50.3. The third-order valence-electron chi connectivity index (χ3n) is 28.4. The summed E-state index contributed by atoms with van der Waals surface area (Å²) >= 11 is 0. The van der Waals surface area contributed by atoms with Gasteiger partial charge in [-0.15, -0.1) is 9.01 Å². The molecule has 0 saturated carbocycles. The van der Waals surface area contributed by atoms with Crippen LogP contribution in [-0.2, 0) is 20.0 Å². The molecule has 26 rings (SSSR count). The molecule has 656 valence electrons. The highest BCUT2D eigenvalue weighted by Crippen LogP contribution is 2.74. The van der Waals surface area contributed by atoms with E-state index < -0.39 is 69.4 Å². The van der Waals surface area contributed by atoms with Crippen LogP contribution in [0.3, 0.4) is 0 Å². The number of fused-ring (bicyclic) bond motifs is 14. The molecule has 0 saturated heterocycles. The zero-order chi connectivity index (χ0) is 92.2. The van der Waals surface area contributed by atoms with Gasteiger partial charge in [-0.1, -0.05) is 223 Å². The summed E-state index contributed by atoms with van der Waals surface area (Å²) in [5.74, 6) is -1.64. The topological polar surface area (TPSA) is 142 Å². The van der Waals surface area contributed by atoms with Gasteiger partial charge in [0.05, 0.1) is 0 Å². The third-order valence-corrected chi connectivity index (χ3v) is 36.7. The molecule has 0 radical (unpaired) electrons. The van der Waals surface area contributed by atoms with E-state index in [0.29, 0.717) is 108 Å².